The molecule has 0 aliphatic rings. The molecule has 0 aromatic carbocycles. The summed E-state index contributed by atoms with van der Waals surface area (Å²) in [5.41, 5.74) is 5.34. The van der Waals surface area contributed by atoms with E-state index in [0.717, 1.165) is 19.3 Å². The first-order chi connectivity index (χ1) is 6.22. The molecule has 1 amide bonds. The van der Waals surface area contributed by atoms with Gasteiger partial charge in [-0.15, -0.1) is 6.42 Å². The molecule has 0 aromatic rings. The van der Waals surface area contributed by atoms with Crippen molar-refractivity contribution in [2.75, 3.05) is 13.1 Å². The lowest BCUT2D eigenvalue weighted by molar-refractivity contribution is -0.124. The first-order valence-electron chi connectivity index (χ1n) is 4.63. The number of rotatable bonds is 6. The Kier molecular flexibility index (Phi) is 7.04. The molecule has 3 heteroatoms. The molecule has 0 heterocycles. The van der Waals surface area contributed by atoms with Crippen LogP contribution in [0.3, 0.4) is 0 Å². The van der Waals surface area contributed by atoms with Crippen molar-refractivity contribution < 1.29 is 4.79 Å². The molecule has 0 rings (SSSR count). The zero-order valence-corrected chi connectivity index (χ0v) is 8.18. The van der Waals surface area contributed by atoms with E-state index in [2.05, 4.69) is 11.2 Å². The van der Waals surface area contributed by atoms with Gasteiger partial charge in [-0.2, -0.15) is 0 Å². The topological polar surface area (TPSA) is 55.1 Å². The Morgan fingerprint density at radius 1 is 1.62 bits per heavy atom. The van der Waals surface area contributed by atoms with Crippen molar-refractivity contribution in [3.05, 3.63) is 0 Å². The Morgan fingerprint density at radius 3 is 2.85 bits per heavy atom. The van der Waals surface area contributed by atoms with Crippen LogP contribution in [0.4, 0.5) is 0 Å². The Labute approximate surface area is 80.1 Å². The summed E-state index contributed by atoms with van der Waals surface area (Å²) in [7, 11) is 0. The molecule has 0 bridgehead atoms. The molecule has 1 atom stereocenters. The Hall–Kier alpha value is -1.01. The van der Waals surface area contributed by atoms with Crippen LogP contribution in [0.5, 0.6) is 0 Å². The molecule has 0 saturated heterocycles. The van der Waals surface area contributed by atoms with Gasteiger partial charge in [-0.05, 0) is 19.4 Å². The zero-order valence-electron chi connectivity index (χ0n) is 8.18. The number of nitrogens with two attached hydrogens (primary N) is 1. The zero-order chi connectivity index (χ0) is 10.1. The molecule has 1 unspecified atom stereocenters. The molecule has 0 aliphatic heterocycles. The van der Waals surface area contributed by atoms with Gasteiger partial charge in [0.2, 0.25) is 5.91 Å². The van der Waals surface area contributed by atoms with Gasteiger partial charge in [0.15, 0.2) is 0 Å². The SMILES string of the molecule is C#CCNC(=O)C(C)CCCCN. The molecule has 0 radical (unpaired) electrons. The molecule has 0 fully saturated rings. The summed E-state index contributed by atoms with van der Waals surface area (Å²) < 4.78 is 0. The van der Waals surface area contributed by atoms with E-state index in [-0.39, 0.29) is 11.8 Å². The lowest BCUT2D eigenvalue weighted by Gasteiger charge is -2.09. The van der Waals surface area contributed by atoms with E-state index in [0.29, 0.717) is 13.1 Å². The van der Waals surface area contributed by atoms with Gasteiger partial charge >= 0.3 is 0 Å². The number of terminal acetylenes is 1. The molecule has 3 N–H and O–H groups in total. The highest BCUT2D eigenvalue weighted by molar-refractivity contribution is 5.78. The lowest BCUT2D eigenvalue weighted by Crippen LogP contribution is -2.29. The van der Waals surface area contributed by atoms with Crippen LogP contribution in [0, 0.1) is 18.3 Å². The van der Waals surface area contributed by atoms with Gasteiger partial charge in [0.1, 0.15) is 0 Å². The predicted molar refractivity (Wildman–Crippen MR) is 53.9 cm³/mol. The molecule has 0 spiro atoms. The largest absolute Gasteiger partial charge is 0.345 e. The fourth-order valence-electron chi connectivity index (χ4n) is 1.04. The van der Waals surface area contributed by atoms with Gasteiger partial charge < -0.3 is 11.1 Å². The summed E-state index contributed by atoms with van der Waals surface area (Å²) in [5, 5.41) is 2.65. The first-order valence-corrected chi connectivity index (χ1v) is 4.63. The van der Waals surface area contributed by atoms with E-state index in [1.807, 2.05) is 6.92 Å². The summed E-state index contributed by atoms with van der Waals surface area (Å²) in [4.78, 5) is 11.3. The van der Waals surface area contributed by atoms with Crippen LogP contribution in [-0.4, -0.2) is 19.0 Å². The minimum atomic E-state index is 0.0370. The van der Waals surface area contributed by atoms with E-state index in [1.165, 1.54) is 0 Å². The van der Waals surface area contributed by atoms with Crippen LogP contribution in [0.2, 0.25) is 0 Å². The molecule has 74 valence electrons. The number of carbonyl (C=O) groups is 1. The highest BCUT2D eigenvalue weighted by Crippen LogP contribution is 2.06. The minimum absolute atomic E-state index is 0.0370. The van der Waals surface area contributed by atoms with Gasteiger partial charge in [0.25, 0.3) is 0 Å². The van der Waals surface area contributed by atoms with Gasteiger partial charge in [-0.3, -0.25) is 4.79 Å². The van der Waals surface area contributed by atoms with Crippen molar-refractivity contribution in [1.29, 1.82) is 0 Å². The number of hydrogen-bond donors (Lipinski definition) is 2. The second-order valence-electron chi connectivity index (χ2n) is 3.11. The third kappa shape index (κ3) is 6.18. The monoisotopic (exact) mass is 182 g/mol. The van der Waals surface area contributed by atoms with Crippen molar-refractivity contribution in [2.45, 2.75) is 26.2 Å². The van der Waals surface area contributed by atoms with E-state index >= 15 is 0 Å². The van der Waals surface area contributed by atoms with Gasteiger partial charge in [-0.25, -0.2) is 0 Å². The molecular weight excluding hydrogens is 164 g/mol. The van der Waals surface area contributed by atoms with Crippen LogP contribution in [0.15, 0.2) is 0 Å². The molecule has 0 saturated carbocycles. The van der Waals surface area contributed by atoms with Gasteiger partial charge in [-0.1, -0.05) is 19.3 Å². The van der Waals surface area contributed by atoms with Crippen molar-refractivity contribution in [3.8, 4) is 12.3 Å². The van der Waals surface area contributed by atoms with E-state index in [9.17, 15) is 4.79 Å². The van der Waals surface area contributed by atoms with Crippen molar-refractivity contribution in [1.82, 2.24) is 5.32 Å². The number of nitrogens with one attached hydrogen (secondary N) is 1. The molecular formula is C10H18N2O. The summed E-state index contributed by atoms with van der Waals surface area (Å²) in [6.07, 6.45) is 7.88. The maximum atomic E-state index is 11.3. The van der Waals surface area contributed by atoms with E-state index in [1.54, 1.807) is 0 Å². The van der Waals surface area contributed by atoms with Crippen LogP contribution in [-0.2, 0) is 4.79 Å². The summed E-state index contributed by atoms with van der Waals surface area (Å²) in [6.45, 7) is 2.92. The van der Waals surface area contributed by atoms with Crippen molar-refractivity contribution >= 4 is 5.91 Å². The fourth-order valence-corrected chi connectivity index (χ4v) is 1.04. The maximum absolute atomic E-state index is 11.3. The first kappa shape index (κ1) is 12.0. The third-order valence-corrected chi connectivity index (χ3v) is 1.90. The van der Waals surface area contributed by atoms with Crippen molar-refractivity contribution in [3.63, 3.8) is 0 Å². The van der Waals surface area contributed by atoms with Gasteiger partial charge in [0.05, 0.1) is 6.54 Å². The standard InChI is InChI=1S/C10H18N2O/c1-3-8-12-10(13)9(2)6-4-5-7-11/h1,9H,4-8,11H2,2H3,(H,12,13). The average molecular weight is 182 g/mol. The second-order valence-corrected chi connectivity index (χ2v) is 3.11. The minimum Gasteiger partial charge on any atom is -0.345 e. The summed E-state index contributed by atoms with van der Waals surface area (Å²) in [5.74, 6) is 2.45. The lowest BCUT2D eigenvalue weighted by atomic mass is 10.0. The normalized spacial score (nSPS) is 11.8. The number of carbonyl (C=O) groups excluding carboxylic acids is 1. The molecule has 0 aliphatic carbocycles. The number of unbranched alkanes of at least 4 members (excludes halogenated alkanes) is 1. The van der Waals surface area contributed by atoms with Crippen LogP contribution < -0.4 is 11.1 Å². The predicted octanol–water partition coefficient (Wildman–Crippen LogP) is 0.501. The van der Waals surface area contributed by atoms with Gasteiger partial charge in [0, 0.05) is 5.92 Å². The smallest absolute Gasteiger partial charge is 0.223 e. The molecule has 13 heavy (non-hydrogen) atoms. The quantitative estimate of drug-likeness (QED) is 0.464. The second kappa shape index (κ2) is 7.63. The van der Waals surface area contributed by atoms with E-state index < -0.39 is 0 Å². The molecule has 3 nitrogen and oxygen atoms in total. The van der Waals surface area contributed by atoms with E-state index in [4.69, 9.17) is 12.2 Å². The maximum Gasteiger partial charge on any atom is 0.223 e. The highest BCUT2D eigenvalue weighted by atomic mass is 16.1. The average Bonchev–Trinajstić information content (AvgIpc) is 2.14. The highest BCUT2D eigenvalue weighted by Gasteiger charge is 2.10. The Balaban J connectivity index is 3.52. The number of amides is 1. The Morgan fingerprint density at radius 2 is 2.31 bits per heavy atom. The molecule has 0 aromatic heterocycles. The van der Waals surface area contributed by atoms with Crippen molar-refractivity contribution in [2.24, 2.45) is 11.7 Å². The number of hydrogen-bond acceptors (Lipinski definition) is 2. The van der Waals surface area contributed by atoms with Crippen LogP contribution >= 0.6 is 0 Å². The Bertz CT molecular complexity index is 184. The summed E-state index contributed by atoms with van der Waals surface area (Å²) in [6, 6.07) is 0. The summed E-state index contributed by atoms with van der Waals surface area (Å²) >= 11 is 0. The fraction of sp³-hybridized carbons (Fsp3) is 0.700. The van der Waals surface area contributed by atoms with Crippen LogP contribution in [0.25, 0.3) is 0 Å². The third-order valence-electron chi connectivity index (χ3n) is 1.90. The van der Waals surface area contributed by atoms with Crippen LogP contribution in [0.1, 0.15) is 26.2 Å².